The van der Waals surface area contributed by atoms with Crippen molar-refractivity contribution in [2.75, 3.05) is 31.1 Å². The summed E-state index contributed by atoms with van der Waals surface area (Å²) in [6.07, 6.45) is 5.10. The van der Waals surface area contributed by atoms with E-state index in [0.29, 0.717) is 31.8 Å². The quantitative estimate of drug-likeness (QED) is 0.531. The predicted octanol–water partition coefficient (Wildman–Crippen LogP) is 1.79. The fourth-order valence-corrected chi connectivity index (χ4v) is 3.51. The normalized spacial score (nSPS) is 14.9. The number of hydrogen-bond donors (Lipinski definition) is 0. The average Bonchev–Trinajstić information content (AvgIpc) is 3.31. The molecule has 5 heterocycles. The van der Waals surface area contributed by atoms with Crippen LogP contribution in [0.4, 0.5) is 10.2 Å². The molecule has 9 heteroatoms. The van der Waals surface area contributed by atoms with E-state index in [1.165, 1.54) is 4.40 Å². The fraction of sp³-hybridized carbons (Fsp3) is 0.263. The Morgan fingerprint density at radius 1 is 1.07 bits per heavy atom. The summed E-state index contributed by atoms with van der Waals surface area (Å²) in [7, 11) is 0. The maximum Gasteiger partial charge on any atom is 0.277 e. The molecule has 1 aliphatic rings. The summed E-state index contributed by atoms with van der Waals surface area (Å²) in [6.45, 7) is 4.10. The third-order valence-electron chi connectivity index (χ3n) is 5.06. The Kier molecular flexibility index (Phi) is 3.75. The minimum atomic E-state index is -0.616. The van der Waals surface area contributed by atoms with Crippen LogP contribution in [0.5, 0.6) is 0 Å². The number of rotatable bonds is 2. The number of piperazine rings is 1. The van der Waals surface area contributed by atoms with E-state index in [0.717, 1.165) is 17.0 Å². The van der Waals surface area contributed by atoms with Crippen molar-refractivity contribution < 1.29 is 9.18 Å². The average molecular weight is 379 g/mol. The molecule has 0 N–H and O–H groups in total. The summed E-state index contributed by atoms with van der Waals surface area (Å²) in [6, 6.07) is 7.38. The molecule has 0 aliphatic carbocycles. The first kappa shape index (κ1) is 16.7. The molecule has 1 amide bonds. The van der Waals surface area contributed by atoms with Crippen LogP contribution in [0, 0.1) is 12.9 Å². The SMILES string of the molecule is Cc1ccn2c(F)c(C(=O)N3CCN(c4ccc5nccn5n4)CC3)nc2c1. The Balaban J connectivity index is 1.33. The van der Waals surface area contributed by atoms with E-state index in [-0.39, 0.29) is 11.6 Å². The summed E-state index contributed by atoms with van der Waals surface area (Å²) in [5.74, 6) is -0.168. The van der Waals surface area contributed by atoms with E-state index in [1.54, 1.807) is 40.1 Å². The Morgan fingerprint density at radius 2 is 1.89 bits per heavy atom. The second-order valence-electron chi connectivity index (χ2n) is 6.88. The predicted molar refractivity (Wildman–Crippen MR) is 101 cm³/mol. The van der Waals surface area contributed by atoms with Gasteiger partial charge in [0.05, 0.1) is 0 Å². The second kappa shape index (κ2) is 6.29. The Labute approximate surface area is 159 Å². The zero-order valence-corrected chi connectivity index (χ0v) is 15.3. The maximum absolute atomic E-state index is 14.6. The highest BCUT2D eigenvalue weighted by Crippen LogP contribution is 2.18. The number of aryl methyl sites for hydroxylation is 1. The van der Waals surface area contributed by atoms with Crippen molar-refractivity contribution in [2.24, 2.45) is 0 Å². The van der Waals surface area contributed by atoms with Gasteiger partial charge in [0.1, 0.15) is 11.5 Å². The highest BCUT2D eigenvalue weighted by atomic mass is 19.1. The number of carbonyl (C=O) groups is 1. The van der Waals surface area contributed by atoms with Crippen LogP contribution < -0.4 is 4.90 Å². The van der Waals surface area contributed by atoms with Crippen LogP contribution in [0.3, 0.4) is 0 Å². The van der Waals surface area contributed by atoms with E-state index in [1.807, 2.05) is 19.1 Å². The van der Waals surface area contributed by atoms with Gasteiger partial charge in [-0.3, -0.25) is 9.20 Å². The molecule has 0 saturated carbocycles. The standard InChI is InChI=1S/C19H18FN7O/c1-13-4-6-26-16(12-13)22-17(18(26)20)19(28)25-10-8-24(9-11-25)15-3-2-14-21-5-7-27(14)23-15/h2-7,12H,8-11H2,1H3. The fourth-order valence-electron chi connectivity index (χ4n) is 3.51. The monoisotopic (exact) mass is 379 g/mol. The number of amides is 1. The zero-order valence-electron chi connectivity index (χ0n) is 15.3. The molecule has 0 bridgehead atoms. The van der Waals surface area contributed by atoms with Crippen LogP contribution >= 0.6 is 0 Å². The molecule has 4 aromatic rings. The maximum atomic E-state index is 14.6. The Morgan fingerprint density at radius 3 is 2.71 bits per heavy atom. The van der Waals surface area contributed by atoms with E-state index in [9.17, 15) is 9.18 Å². The van der Waals surface area contributed by atoms with Crippen LogP contribution in [0.1, 0.15) is 16.1 Å². The number of fused-ring (bicyclic) bond motifs is 2. The van der Waals surface area contributed by atoms with Crippen LogP contribution in [0.15, 0.2) is 42.9 Å². The van der Waals surface area contributed by atoms with Gasteiger partial charge in [-0.2, -0.15) is 4.39 Å². The van der Waals surface area contributed by atoms with E-state index < -0.39 is 5.95 Å². The molecule has 4 aromatic heterocycles. The van der Waals surface area contributed by atoms with Gasteiger partial charge in [-0.05, 0) is 36.8 Å². The molecular weight excluding hydrogens is 361 g/mol. The molecule has 8 nitrogen and oxygen atoms in total. The number of carbonyl (C=O) groups excluding carboxylic acids is 1. The number of imidazole rings is 2. The third-order valence-corrected chi connectivity index (χ3v) is 5.06. The van der Waals surface area contributed by atoms with Gasteiger partial charge in [0, 0.05) is 44.8 Å². The zero-order chi connectivity index (χ0) is 19.3. The van der Waals surface area contributed by atoms with E-state index in [4.69, 9.17) is 0 Å². The number of halogens is 1. The van der Waals surface area contributed by atoms with Gasteiger partial charge in [-0.15, -0.1) is 5.10 Å². The van der Waals surface area contributed by atoms with Gasteiger partial charge in [-0.25, -0.2) is 14.5 Å². The number of pyridine rings is 1. The number of hydrogen-bond acceptors (Lipinski definition) is 5. The molecule has 0 atom stereocenters. The number of nitrogens with zero attached hydrogens (tertiary/aromatic N) is 7. The van der Waals surface area contributed by atoms with Gasteiger partial charge < -0.3 is 9.80 Å². The van der Waals surface area contributed by atoms with E-state index >= 15 is 0 Å². The molecule has 0 aromatic carbocycles. The minimum Gasteiger partial charge on any atom is -0.352 e. The van der Waals surface area contributed by atoms with Gasteiger partial charge in [0.25, 0.3) is 5.91 Å². The molecule has 1 saturated heterocycles. The molecule has 28 heavy (non-hydrogen) atoms. The molecular formula is C19H18FN7O. The van der Waals surface area contributed by atoms with Crippen molar-refractivity contribution in [1.29, 1.82) is 0 Å². The van der Waals surface area contributed by atoms with Crippen molar-refractivity contribution in [2.45, 2.75) is 6.92 Å². The number of anilines is 1. The van der Waals surface area contributed by atoms with Gasteiger partial charge in [0.2, 0.25) is 5.95 Å². The lowest BCUT2D eigenvalue weighted by molar-refractivity contribution is 0.0736. The van der Waals surface area contributed by atoms with Crippen molar-refractivity contribution in [3.63, 3.8) is 0 Å². The highest BCUT2D eigenvalue weighted by Gasteiger charge is 2.28. The van der Waals surface area contributed by atoms with E-state index in [2.05, 4.69) is 20.0 Å². The first-order valence-electron chi connectivity index (χ1n) is 9.09. The van der Waals surface area contributed by atoms with Crippen LogP contribution in [0.25, 0.3) is 11.3 Å². The first-order chi connectivity index (χ1) is 13.6. The highest BCUT2D eigenvalue weighted by molar-refractivity contribution is 5.93. The summed E-state index contributed by atoms with van der Waals surface area (Å²) >= 11 is 0. The molecule has 5 rings (SSSR count). The van der Waals surface area contributed by atoms with Crippen LogP contribution in [-0.2, 0) is 0 Å². The van der Waals surface area contributed by atoms with Gasteiger partial charge in [0.15, 0.2) is 11.3 Å². The molecule has 142 valence electrons. The molecule has 1 aliphatic heterocycles. The first-order valence-corrected chi connectivity index (χ1v) is 9.09. The summed E-state index contributed by atoms with van der Waals surface area (Å²) < 4.78 is 17.7. The van der Waals surface area contributed by atoms with Gasteiger partial charge >= 0.3 is 0 Å². The number of aromatic nitrogens is 5. The van der Waals surface area contributed by atoms with Crippen molar-refractivity contribution >= 4 is 23.0 Å². The largest absolute Gasteiger partial charge is 0.352 e. The smallest absolute Gasteiger partial charge is 0.277 e. The van der Waals surface area contributed by atoms with Crippen molar-refractivity contribution in [1.82, 2.24) is 28.9 Å². The second-order valence-corrected chi connectivity index (χ2v) is 6.88. The summed E-state index contributed by atoms with van der Waals surface area (Å²) in [5, 5.41) is 4.54. The van der Waals surface area contributed by atoms with Gasteiger partial charge in [-0.1, -0.05) is 0 Å². The third kappa shape index (κ3) is 2.67. The molecule has 0 unspecified atom stereocenters. The summed E-state index contributed by atoms with van der Waals surface area (Å²) in [5.41, 5.74) is 2.07. The van der Waals surface area contributed by atoms with Crippen LogP contribution in [0.2, 0.25) is 0 Å². The lowest BCUT2D eigenvalue weighted by Gasteiger charge is -2.34. The Bertz CT molecular complexity index is 1190. The molecule has 1 fully saturated rings. The topological polar surface area (TPSA) is 71.0 Å². The van der Waals surface area contributed by atoms with Crippen molar-refractivity contribution in [3.05, 3.63) is 60.1 Å². The van der Waals surface area contributed by atoms with Crippen LogP contribution in [-0.4, -0.2) is 61.0 Å². The minimum absolute atomic E-state index is 0.128. The van der Waals surface area contributed by atoms with Crippen molar-refractivity contribution in [3.8, 4) is 0 Å². The molecule has 0 spiro atoms. The lowest BCUT2D eigenvalue weighted by atomic mass is 10.2. The Hall–Kier alpha value is -3.49. The lowest BCUT2D eigenvalue weighted by Crippen LogP contribution is -2.49. The molecule has 0 radical (unpaired) electrons. The summed E-state index contributed by atoms with van der Waals surface area (Å²) in [4.78, 5) is 25.0.